The molecule has 174 valence electrons. The predicted molar refractivity (Wildman–Crippen MR) is 131 cm³/mol. The predicted octanol–water partition coefficient (Wildman–Crippen LogP) is 4.05. The van der Waals surface area contributed by atoms with Gasteiger partial charge >= 0.3 is 0 Å². The zero-order valence-corrected chi connectivity index (χ0v) is 20.5. The normalized spacial score (nSPS) is 22.5. The number of carbonyl (C=O) groups excluding carboxylic acids is 3. The fourth-order valence-electron chi connectivity index (χ4n) is 4.70. The van der Waals surface area contributed by atoms with Crippen molar-refractivity contribution in [3.63, 3.8) is 0 Å². The Bertz CT molecular complexity index is 1070. The smallest absolute Gasteiger partial charge is 0.256 e. The van der Waals surface area contributed by atoms with E-state index in [4.69, 9.17) is 0 Å². The van der Waals surface area contributed by atoms with E-state index >= 15 is 0 Å². The van der Waals surface area contributed by atoms with E-state index in [0.717, 1.165) is 11.1 Å². The SMILES string of the molecule is CC(C)[C@H](NC(=O)[C@H]1N2C(=O)c3ccccc3[C@@H]2SC1(C)C)C(=O)N[C@H](C)c1ccccc1. The van der Waals surface area contributed by atoms with Crippen LogP contribution in [-0.4, -0.2) is 39.5 Å². The summed E-state index contributed by atoms with van der Waals surface area (Å²) < 4.78 is -0.493. The summed E-state index contributed by atoms with van der Waals surface area (Å²) in [6, 6.07) is 15.7. The third-order valence-electron chi connectivity index (χ3n) is 6.45. The number of hydrogen-bond acceptors (Lipinski definition) is 4. The van der Waals surface area contributed by atoms with E-state index in [9.17, 15) is 14.4 Å². The van der Waals surface area contributed by atoms with E-state index in [1.54, 1.807) is 16.7 Å². The summed E-state index contributed by atoms with van der Waals surface area (Å²) in [5.41, 5.74) is 2.60. The molecule has 2 aromatic carbocycles. The Morgan fingerprint density at radius 3 is 2.27 bits per heavy atom. The first kappa shape index (κ1) is 23.4. The standard InChI is InChI=1S/C26H31N3O3S/c1-15(2)20(22(30)27-16(3)17-11-7-6-8-12-17)28-23(31)21-26(4,5)33-25-19-14-10-9-13-18(19)24(32)29(21)25/h6-16,20-21,25H,1-5H3,(H,27,30)(H,28,31)/t16-,20+,21-,25+/m1/s1. The van der Waals surface area contributed by atoms with E-state index in [-0.39, 0.29) is 35.1 Å². The lowest BCUT2D eigenvalue weighted by Crippen LogP contribution is -2.58. The average molecular weight is 466 g/mol. The van der Waals surface area contributed by atoms with E-state index in [1.807, 2.05) is 89.2 Å². The van der Waals surface area contributed by atoms with Gasteiger partial charge in [0.2, 0.25) is 11.8 Å². The zero-order chi connectivity index (χ0) is 23.9. The van der Waals surface area contributed by atoms with E-state index < -0.39 is 16.8 Å². The van der Waals surface area contributed by atoms with Crippen LogP contribution in [0.15, 0.2) is 54.6 Å². The van der Waals surface area contributed by atoms with E-state index in [2.05, 4.69) is 10.6 Å². The maximum atomic E-state index is 13.6. The highest BCUT2D eigenvalue weighted by Crippen LogP contribution is 2.56. The minimum Gasteiger partial charge on any atom is -0.348 e. The van der Waals surface area contributed by atoms with Gasteiger partial charge in [-0.2, -0.15) is 0 Å². The van der Waals surface area contributed by atoms with Gasteiger partial charge in [-0.15, -0.1) is 11.8 Å². The molecule has 0 aromatic heterocycles. The summed E-state index contributed by atoms with van der Waals surface area (Å²) in [4.78, 5) is 41.6. The van der Waals surface area contributed by atoms with Crippen molar-refractivity contribution in [2.45, 2.75) is 62.9 Å². The van der Waals surface area contributed by atoms with Gasteiger partial charge in [0.1, 0.15) is 17.5 Å². The van der Waals surface area contributed by atoms with Crippen molar-refractivity contribution in [2.75, 3.05) is 0 Å². The van der Waals surface area contributed by atoms with Crippen LogP contribution in [-0.2, 0) is 9.59 Å². The third-order valence-corrected chi connectivity index (χ3v) is 7.99. The molecule has 2 aliphatic heterocycles. The van der Waals surface area contributed by atoms with Crippen LogP contribution >= 0.6 is 11.8 Å². The Morgan fingerprint density at radius 2 is 1.61 bits per heavy atom. The van der Waals surface area contributed by atoms with E-state index in [0.29, 0.717) is 5.56 Å². The van der Waals surface area contributed by atoms with Crippen molar-refractivity contribution < 1.29 is 14.4 Å². The number of hydrogen-bond donors (Lipinski definition) is 2. The number of nitrogens with zero attached hydrogens (tertiary/aromatic N) is 1. The molecule has 3 amide bonds. The molecule has 0 unspecified atom stereocenters. The van der Waals surface area contributed by atoms with Gasteiger partial charge in [0.15, 0.2) is 0 Å². The molecule has 33 heavy (non-hydrogen) atoms. The molecule has 0 saturated carbocycles. The highest BCUT2D eigenvalue weighted by atomic mass is 32.2. The molecule has 7 heteroatoms. The monoisotopic (exact) mass is 465 g/mol. The average Bonchev–Trinajstić information content (AvgIpc) is 3.21. The Kier molecular flexibility index (Phi) is 6.27. The lowest BCUT2D eigenvalue weighted by molar-refractivity contribution is -0.133. The maximum Gasteiger partial charge on any atom is 0.256 e. The molecule has 1 saturated heterocycles. The first-order valence-corrected chi connectivity index (χ1v) is 12.2. The van der Waals surface area contributed by atoms with Crippen LogP contribution in [0.1, 0.15) is 67.5 Å². The minimum atomic E-state index is -0.705. The molecule has 2 aromatic rings. The van der Waals surface area contributed by atoms with Crippen LogP contribution in [0, 0.1) is 5.92 Å². The van der Waals surface area contributed by atoms with Crippen LogP contribution in [0.5, 0.6) is 0 Å². The van der Waals surface area contributed by atoms with Crippen molar-refractivity contribution in [1.29, 1.82) is 0 Å². The summed E-state index contributed by atoms with van der Waals surface area (Å²) in [5.74, 6) is -0.767. The quantitative estimate of drug-likeness (QED) is 0.675. The van der Waals surface area contributed by atoms with Gasteiger partial charge in [0.05, 0.1) is 6.04 Å². The minimum absolute atomic E-state index is 0.114. The number of fused-ring (bicyclic) bond motifs is 3. The van der Waals surface area contributed by atoms with E-state index in [1.165, 1.54) is 0 Å². The molecule has 4 atom stereocenters. The lowest BCUT2D eigenvalue weighted by Gasteiger charge is -2.32. The van der Waals surface area contributed by atoms with Gasteiger partial charge in [-0.1, -0.05) is 62.4 Å². The van der Waals surface area contributed by atoms with Crippen LogP contribution in [0.3, 0.4) is 0 Å². The molecule has 0 radical (unpaired) electrons. The molecule has 2 N–H and O–H groups in total. The van der Waals surface area contributed by atoms with Gasteiger partial charge in [-0.3, -0.25) is 14.4 Å². The largest absolute Gasteiger partial charge is 0.348 e. The summed E-state index contributed by atoms with van der Waals surface area (Å²) in [6.07, 6.45) is 0. The van der Waals surface area contributed by atoms with Crippen molar-refractivity contribution in [2.24, 2.45) is 5.92 Å². The van der Waals surface area contributed by atoms with Crippen molar-refractivity contribution >= 4 is 29.5 Å². The topological polar surface area (TPSA) is 78.5 Å². The maximum absolute atomic E-state index is 13.6. The molecular formula is C26H31N3O3S. The lowest BCUT2D eigenvalue weighted by atomic mass is 9.97. The van der Waals surface area contributed by atoms with Crippen LogP contribution in [0.2, 0.25) is 0 Å². The second-order valence-corrected chi connectivity index (χ2v) is 11.4. The number of benzene rings is 2. The molecule has 6 nitrogen and oxygen atoms in total. The Balaban J connectivity index is 1.53. The number of nitrogens with one attached hydrogen (secondary N) is 2. The first-order valence-electron chi connectivity index (χ1n) is 11.4. The van der Waals surface area contributed by atoms with Gasteiger partial charge < -0.3 is 15.5 Å². The molecule has 2 aliphatic rings. The fraction of sp³-hybridized carbons (Fsp3) is 0.423. The third kappa shape index (κ3) is 4.26. The summed E-state index contributed by atoms with van der Waals surface area (Å²) >= 11 is 1.62. The first-order chi connectivity index (χ1) is 15.6. The molecule has 0 aliphatic carbocycles. The molecule has 0 spiro atoms. The number of carbonyl (C=O) groups is 3. The van der Waals surface area contributed by atoms with Gasteiger partial charge in [-0.05, 0) is 43.9 Å². The molecule has 2 heterocycles. The number of thioether (sulfide) groups is 1. The Hall–Kier alpha value is -2.80. The van der Waals surface area contributed by atoms with Gasteiger partial charge in [0, 0.05) is 10.3 Å². The zero-order valence-electron chi connectivity index (χ0n) is 19.7. The van der Waals surface area contributed by atoms with Crippen LogP contribution in [0.25, 0.3) is 0 Å². The number of amides is 3. The molecule has 0 bridgehead atoms. The Morgan fingerprint density at radius 1 is 0.970 bits per heavy atom. The molecule has 1 fully saturated rings. The highest BCUT2D eigenvalue weighted by molar-refractivity contribution is 8.01. The van der Waals surface area contributed by atoms with Gasteiger partial charge in [-0.25, -0.2) is 0 Å². The second-order valence-electron chi connectivity index (χ2n) is 9.65. The summed E-state index contributed by atoms with van der Waals surface area (Å²) in [5, 5.41) is 5.81. The van der Waals surface area contributed by atoms with Crippen LogP contribution in [0.4, 0.5) is 0 Å². The van der Waals surface area contributed by atoms with Crippen LogP contribution < -0.4 is 10.6 Å². The fourth-order valence-corrected chi connectivity index (χ4v) is 6.29. The van der Waals surface area contributed by atoms with Gasteiger partial charge in [0.25, 0.3) is 5.91 Å². The summed E-state index contributed by atoms with van der Waals surface area (Å²) in [6.45, 7) is 9.71. The van der Waals surface area contributed by atoms with Crippen molar-refractivity contribution in [1.82, 2.24) is 15.5 Å². The highest BCUT2D eigenvalue weighted by Gasteiger charge is 2.57. The van der Waals surface area contributed by atoms with Crippen molar-refractivity contribution in [3.8, 4) is 0 Å². The Labute approximate surface area is 199 Å². The van der Waals surface area contributed by atoms with Crippen molar-refractivity contribution in [3.05, 3.63) is 71.3 Å². The number of rotatable bonds is 6. The molecule has 4 rings (SSSR count). The molecular weight excluding hydrogens is 434 g/mol. The second kappa shape index (κ2) is 8.86. The summed E-state index contributed by atoms with van der Waals surface area (Å²) in [7, 11) is 0.